The quantitative estimate of drug-likeness (QED) is 0.883. The van der Waals surface area contributed by atoms with Gasteiger partial charge < -0.3 is 9.67 Å². The Morgan fingerprint density at radius 1 is 1.47 bits per heavy atom. The Bertz CT molecular complexity index is 626. The third kappa shape index (κ3) is 1.46. The fourth-order valence-corrected chi connectivity index (χ4v) is 2.79. The van der Waals surface area contributed by atoms with Crippen molar-refractivity contribution < 1.29 is 9.90 Å². The van der Waals surface area contributed by atoms with Gasteiger partial charge in [-0.05, 0) is 37.5 Å². The Morgan fingerprint density at radius 3 is 2.76 bits per heavy atom. The molecule has 0 spiro atoms. The lowest BCUT2D eigenvalue weighted by Crippen LogP contribution is -2.08. The lowest BCUT2D eigenvalue weighted by atomic mass is 10.1. The molecule has 1 fully saturated rings. The average molecular weight is 250 g/mol. The molecule has 1 heterocycles. The van der Waals surface area contributed by atoms with Crippen molar-refractivity contribution in [3.8, 4) is 0 Å². The van der Waals surface area contributed by atoms with Gasteiger partial charge in [-0.2, -0.15) is 0 Å². The molecule has 1 aliphatic carbocycles. The van der Waals surface area contributed by atoms with Gasteiger partial charge in [0.15, 0.2) is 0 Å². The lowest BCUT2D eigenvalue weighted by molar-refractivity contribution is 0.0684. The van der Waals surface area contributed by atoms with Crippen LogP contribution in [0, 0.1) is 6.92 Å². The lowest BCUT2D eigenvalue weighted by Gasteiger charge is -2.06. The normalized spacial score (nSPS) is 15.4. The van der Waals surface area contributed by atoms with Crippen molar-refractivity contribution in [3.63, 3.8) is 0 Å². The summed E-state index contributed by atoms with van der Waals surface area (Å²) in [6.07, 6.45) is 2.10. The number of halogens is 1. The van der Waals surface area contributed by atoms with Gasteiger partial charge in [0.05, 0.1) is 10.5 Å². The van der Waals surface area contributed by atoms with Gasteiger partial charge in [0.1, 0.15) is 5.69 Å². The Labute approximate surface area is 104 Å². The highest BCUT2D eigenvalue weighted by Crippen LogP contribution is 2.42. The summed E-state index contributed by atoms with van der Waals surface area (Å²) >= 11 is 6.17. The summed E-state index contributed by atoms with van der Waals surface area (Å²) in [4.78, 5) is 11.4. The molecule has 1 saturated carbocycles. The minimum atomic E-state index is -0.873. The molecule has 1 aromatic heterocycles. The maximum atomic E-state index is 11.4. The predicted molar refractivity (Wildman–Crippen MR) is 66.9 cm³/mol. The number of hydrogen-bond acceptors (Lipinski definition) is 1. The second-order valence-corrected chi connectivity index (χ2v) is 4.92. The van der Waals surface area contributed by atoms with Crippen LogP contribution in [0.3, 0.4) is 0 Å². The van der Waals surface area contributed by atoms with Crippen molar-refractivity contribution in [3.05, 3.63) is 34.5 Å². The summed E-state index contributed by atoms with van der Waals surface area (Å²) in [6.45, 7) is 1.83. The fourth-order valence-electron chi connectivity index (χ4n) is 2.48. The van der Waals surface area contributed by atoms with Crippen molar-refractivity contribution in [1.82, 2.24) is 4.57 Å². The summed E-state index contributed by atoms with van der Waals surface area (Å²) < 4.78 is 1.93. The molecule has 2 aromatic rings. The zero-order valence-corrected chi connectivity index (χ0v) is 10.2. The van der Waals surface area contributed by atoms with E-state index >= 15 is 0 Å². The SMILES string of the molecule is Cc1c(C(=O)O)n(C2CC2)c2cccc(Cl)c12. The van der Waals surface area contributed by atoms with Gasteiger partial charge >= 0.3 is 5.97 Å². The molecule has 1 N–H and O–H groups in total. The standard InChI is InChI=1S/C13H12ClNO2/c1-7-11-9(14)3-2-4-10(11)15(8-5-6-8)12(7)13(16)17/h2-4,8H,5-6H2,1H3,(H,16,17). The van der Waals surface area contributed by atoms with Crippen LogP contribution in [0.25, 0.3) is 10.9 Å². The zero-order valence-electron chi connectivity index (χ0n) is 9.40. The summed E-state index contributed by atoms with van der Waals surface area (Å²) in [7, 11) is 0. The third-order valence-electron chi connectivity index (χ3n) is 3.34. The van der Waals surface area contributed by atoms with Crippen molar-refractivity contribution >= 4 is 28.5 Å². The zero-order chi connectivity index (χ0) is 12.2. The number of aromatic nitrogens is 1. The average Bonchev–Trinajstić information content (AvgIpc) is 3.04. The molecular weight excluding hydrogens is 238 g/mol. The second-order valence-electron chi connectivity index (χ2n) is 4.51. The number of nitrogens with zero attached hydrogens (tertiary/aromatic N) is 1. The van der Waals surface area contributed by atoms with E-state index in [-0.39, 0.29) is 0 Å². The van der Waals surface area contributed by atoms with Crippen LogP contribution in [0.5, 0.6) is 0 Å². The molecular formula is C13H12ClNO2. The van der Waals surface area contributed by atoms with Crippen molar-refractivity contribution in [2.24, 2.45) is 0 Å². The number of carboxylic acid groups (broad SMARTS) is 1. The van der Waals surface area contributed by atoms with Gasteiger partial charge in [-0.1, -0.05) is 17.7 Å². The van der Waals surface area contributed by atoms with E-state index in [1.807, 2.05) is 23.6 Å². The van der Waals surface area contributed by atoms with E-state index < -0.39 is 5.97 Å². The molecule has 3 nitrogen and oxygen atoms in total. The van der Waals surface area contributed by atoms with Gasteiger partial charge in [-0.3, -0.25) is 0 Å². The maximum absolute atomic E-state index is 11.4. The minimum absolute atomic E-state index is 0.329. The molecule has 0 amide bonds. The summed E-state index contributed by atoms with van der Waals surface area (Å²) in [6, 6.07) is 5.95. The van der Waals surface area contributed by atoms with E-state index in [1.54, 1.807) is 6.07 Å². The van der Waals surface area contributed by atoms with Crippen LogP contribution in [-0.4, -0.2) is 15.6 Å². The number of aromatic carboxylic acids is 1. The largest absolute Gasteiger partial charge is 0.477 e. The highest BCUT2D eigenvalue weighted by Gasteiger charge is 2.31. The van der Waals surface area contributed by atoms with E-state index in [0.29, 0.717) is 16.8 Å². The van der Waals surface area contributed by atoms with Gasteiger partial charge in [-0.15, -0.1) is 0 Å². The van der Waals surface area contributed by atoms with Gasteiger partial charge in [0, 0.05) is 11.4 Å². The molecule has 4 heteroatoms. The number of carbonyl (C=O) groups is 1. The molecule has 3 rings (SSSR count). The van der Waals surface area contributed by atoms with Gasteiger partial charge in [0.2, 0.25) is 0 Å². The molecule has 88 valence electrons. The summed E-state index contributed by atoms with van der Waals surface area (Å²) in [5.74, 6) is -0.873. The van der Waals surface area contributed by atoms with Crippen LogP contribution in [0.15, 0.2) is 18.2 Å². The first kappa shape index (κ1) is 10.7. The van der Waals surface area contributed by atoms with E-state index in [9.17, 15) is 9.90 Å². The monoisotopic (exact) mass is 249 g/mol. The molecule has 0 unspecified atom stereocenters. The second kappa shape index (κ2) is 3.50. The summed E-state index contributed by atoms with van der Waals surface area (Å²) in [5, 5.41) is 10.9. The molecule has 0 bridgehead atoms. The number of rotatable bonds is 2. The van der Waals surface area contributed by atoms with Crippen LogP contribution < -0.4 is 0 Å². The predicted octanol–water partition coefficient (Wildman–Crippen LogP) is 3.64. The highest BCUT2D eigenvalue weighted by molar-refractivity contribution is 6.36. The topological polar surface area (TPSA) is 42.2 Å². The van der Waals surface area contributed by atoms with Crippen LogP contribution in [-0.2, 0) is 0 Å². The Kier molecular flexibility index (Phi) is 2.20. The first-order valence-electron chi connectivity index (χ1n) is 5.63. The molecule has 0 atom stereocenters. The van der Waals surface area contributed by atoms with E-state index in [4.69, 9.17) is 11.6 Å². The first-order chi connectivity index (χ1) is 8.11. The van der Waals surface area contributed by atoms with Crippen LogP contribution in [0.4, 0.5) is 0 Å². The molecule has 0 aliphatic heterocycles. The minimum Gasteiger partial charge on any atom is -0.477 e. The smallest absolute Gasteiger partial charge is 0.352 e. The maximum Gasteiger partial charge on any atom is 0.352 e. The number of aryl methyl sites for hydroxylation is 1. The molecule has 0 saturated heterocycles. The van der Waals surface area contributed by atoms with Crippen LogP contribution >= 0.6 is 11.6 Å². The van der Waals surface area contributed by atoms with Crippen molar-refractivity contribution in [1.29, 1.82) is 0 Å². The Hall–Kier alpha value is -1.48. The Balaban J connectivity index is 2.45. The number of carboxylic acids is 1. The fraction of sp³-hybridized carbons (Fsp3) is 0.308. The highest BCUT2D eigenvalue weighted by atomic mass is 35.5. The first-order valence-corrected chi connectivity index (χ1v) is 6.01. The summed E-state index contributed by atoms with van der Waals surface area (Å²) in [5.41, 5.74) is 2.09. The molecule has 0 radical (unpaired) electrons. The number of fused-ring (bicyclic) bond motifs is 1. The Morgan fingerprint density at radius 2 is 2.18 bits per heavy atom. The number of hydrogen-bond donors (Lipinski definition) is 1. The van der Waals surface area contributed by atoms with E-state index in [2.05, 4.69) is 0 Å². The third-order valence-corrected chi connectivity index (χ3v) is 3.65. The van der Waals surface area contributed by atoms with Crippen molar-refractivity contribution in [2.75, 3.05) is 0 Å². The molecule has 1 aliphatic rings. The van der Waals surface area contributed by atoms with E-state index in [0.717, 1.165) is 29.3 Å². The van der Waals surface area contributed by atoms with Gasteiger partial charge in [0.25, 0.3) is 0 Å². The van der Waals surface area contributed by atoms with Gasteiger partial charge in [-0.25, -0.2) is 4.79 Å². The van der Waals surface area contributed by atoms with E-state index in [1.165, 1.54) is 0 Å². The molecule has 17 heavy (non-hydrogen) atoms. The van der Waals surface area contributed by atoms with Crippen LogP contribution in [0.1, 0.15) is 34.9 Å². The van der Waals surface area contributed by atoms with Crippen molar-refractivity contribution in [2.45, 2.75) is 25.8 Å². The molecule has 1 aromatic carbocycles. The number of benzene rings is 1. The van der Waals surface area contributed by atoms with Crippen LogP contribution in [0.2, 0.25) is 5.02 Å².